The van der Waals surface area contributed by atoms with Gasteiger partial charge in [-0.2, -0.15) is 0 Å². The third-order valence-corrected chi connectivity index (χ3v) is 5.42. The highest BCUT2D eigenvalue weighted by Crippen LogP contribution is 2.32. The van der Waals surface area contributed by atoms with Crippen LogP contribution in [-0.2, 0) is 0 Å². The SMILES string of the molecule is CCC(c1ccc(Oc2ccc(OC#N)cc2)cc1)c1ccc(Oc2ccc(OC#N)cc2)cc1. The van der Waals surface area contributed by atoms with Crippen molar-refractivity contribution in [2.75, 3.05) is 0 Å². The third kappa shape index (κ3) is 6.10. The molecular formula is C29H22N2O4. The van der Waals surface area contributed by atoms with Gasteiger partial charge in [-0.3, -0.25) is 0 Å². The van der Waals surface area contributed by atoms with Crippen molar-refractivity contribution >= 4 is 0 Å². The van der Waals surface area contributed by atoms with E-state index in [1.165, 1.54) is 11.1 Å². The highest BCUT2D eigenvalue weighted by molar-refractivity contribution is 5.42. The fourth-order valence-electron chi connectivity index (χ4n) is 3.73. The van der Waals surface area contributed by atoms with Gasteiger partial charge in [-0.05, 0) is 90.3 Å². The average Bonchev–Trinajstić information content (AvgIpc) is 2.89. The zero-order valence-electron chi connectivity index (χ0n) is 19.0. The molecule has 0 unspecified atom stereocenters. The normalized spacial score (nSPS) is 10.2. The van der Waals surface area contributed by atoms with Gasteiger partial charge in [0.05, 0.1) is 0 Å². The summed E-state index contributed by atoms with van der Waals surface area (Å²) in [6.45, 7) is 2.16. The highest BCUT2D eigenvalue weighted by atomic mass is 16.5. The van der Waals surface area contributed by atoms with Crippen molar-refractivity contribution in [3.05, 3.63) is 108 Å². The van der Waals surface area contributed by atoms with Gasteiger partial charge in [-0.25, -0.2) is 0 Å². The molecule has 0 fully saturated rings. The van der Waals surface area contributed by atoms with E-state index >= 15 is 0 Å². The Morgan fingerprint density at radius 3 is 1.09 bits per heavy atom. The topological polar surface area (TPSA) is 84.5 Å². The molecule has 0 heterocycles. The molecule has 0 bridgehead atoms. The minimum Gasteiger partial charge on any atom is -0.457 e. The molecule has 0 aliphatic heterocycles. The Morgan fingerprint density at radius 2 is 0.800 bits per heavy atom. The number of nitrogens with zero attached hydrogens (tertiary/aromatic N) is 2. The first-order valence-electron chi connectivity index (χ1n) is 11.1. The monoisotopic (exact) mass is 462 g/mol. The van der Waals surface area contributed by atoms with E-state index in [0.29, 0.717) is 23.0 Å². The van der Waals surface area contributed by atoms with E-state index in [1.807, 2.05) is 24.3 Å². The largest absolute Gasteiger partial charge is 0.457 e. The van der Waals surface area contributed by atoms with Crippen molar-refractivity contribution in [2.45, 2.75) is 19.3 Å². The molecule has 0 aliphatic carbocycles. The number of hydrogen-bond donors (Lipinski definition) is 0. The molecule has 6 heteroatoms. The number of ether oxygens (including phenoxy) is 4. The van der Waals surface area contributed by atoms with Gasteiger partial charge in [0.1, 0.15) is 34.5 Å². The first kappa shape index (κ1) is 23.2. The van der Waals surface area contributed by atoms with Crippen molar-refractivity contribution < 1.29 is 18.9 Å². The summed E-state index contributed by atoms with van der Waals surface area (Å²) in [4.78, 5) is 0. The van der Waals surface area contributed by atoms with Crippen LogP contribution in [0.25, 0.3) is 0 Å². The van der Waals surface area contributed by atoms with Gasteiger partial charge < -0.3 is 18.9 Å². The van der Waals surface area contributed by atoms with Crippen LogP contribution in [0.1, 0.15) is 30.4 Å². The van der Waals surface area contributed by atoms with E-state index in [9.17, 15) is 0 Å². The van der Waals surface area contributed by atoms with Crippen molar-refractivity contribution in [1.82, 2.24) is 0 Å². The maximum Gasteiger partial charge on any atom is 0.292 e. The zero-order chi connectivity index (χ0) is 24.5. The molecule has 172 valence electrons. The molecule has 0 N–H and O–H groups in total. The molecule has 0 aliphatic rings. The second-order valence-electron chi connectivity index (χ2n) is 7.63. The van der Waals surface area contributed by atoms with Crippen LogP contribution < -0.4 is 18.9 Å². The lowest BCUT2D eigenvalue weighted by molar-refractivity contribution is 0.476. The van der Waals surface area contributed by atoms with Crippen LogP contribution in [0.5, 0.6) is 34.5 Å². The summed E-state index contributed by atoms with van der Waals surface area (Å²) in [5.41, 5.74) is 2.39. The quantitative estimate of drug-likeness (QED) is 0.239. The van der Waals surface area contributed by atoms with Gasteiger partial charge in [-0.1, -0.05) is 31.2 Å². The standard InChI is InChI=1S/C29H22N2O4/c1-2-29(21-3-7-25(8-4-21)34-27-15-11-23(12-16-27)32-19-30)22-5-9-26(10-6-22)35-28-17-13-24(14-18-28)33-20-31/h3-18,29H,2H2,1H3. The molecule has 0 aromatic heterocycles. The molecule has 4 aromatic rings. The Kier molecular flexibility index (Phi) is 7.48. The fraction of sp³-hybridized carbons (Fsp3) is 0.103. The lowest BCUT2D eigenvalue weighted by Gasteiger charge is -2.17. The van der Waals surface area contributed by atoms with Crippen molar-refractivity contribution in [2.24, 2.45) is 0 Å². The number of benzene rings is 4. The molecule has 0 saturated heterocycles. The molecule has 0 atom stereocenters. The minimum atomic E-state index is 0.239. The molecule has 0 saturated carbocycles. The van der Waals surface area contributed by atoms with Gasteiger partial charge in [0.2, 0.25) is 0 Å². The number of nitriles is 2. The van der Waals surface area contributed by atoms with E-state index in [1.54, 1.807) is 61.0 Å². The second kappa shape index (κ2) is 11.3. The van der Waals surface area contributed by atoms with E-state index in [-0.39, 0.29) is 5.92 Å². The highest BCUT2D eigenvalue weighted by Gasteiger charge is 2.13. The summed E-state index contributed by atoms with van der Waals surface area (Å²) < 4.78 is 21.4. The van der Waals surface area contributed by atoms with Crippen LogP contribution in [0.3, 0.4) is 0 Å². The van der Waals surface area contributed by atoms with Crippen molar-refractivity contribution in [3.63, 3.8) is 0 Å². The maximum absolute atomic E-state index is 8.57. The van der Waals surface area contributed by atoms with Gasteiger partial charge in [0.15, 0.2) is 0 Å². The Bertz CT molecular complexity index is 1210. The molecular weight excluding hydrogens is 440 g/mol. The predicted molar refractivity (Wildman–Crippen MR) is 131 cm³/mol. The summed E-state index contributed by atoms with van der Waals surface area (Å²) >= 11 is 0. The summed E-state index contributed by atoms with van der Waals surface area (Å²) in [6, 6.07) is 29.9. The number of hydrogen-bond acceptors (Lipinski definition) is 6. The fourth-order valence-corrected chi connectivity index (χ4v) is 3.73. The van der Waals surface area contributed by atoms with Crippen LogP contribution >= 0.6 is 0 Å². The van der Waals surface area contributed by atoms with E-state index in [2.05, 4.69) is 31.2 Å². The molecule has 0 spiro atoms. The van der Waals surface area contributed by atoms with Gasteiger partial charge in [0, 0.05) is 5.92 Å². The first-order chi connectivity index (χ1) is 17.2. The van der Waals surface area contributed by atoms with E-state index < -0.39 is 0 Å². The Hall–Kier alpha value is -4.94. The third-order valence-electron chi connectivity index (χ3n) is 5.42. The number of rotatable bonds is 9. The van der Waals surface area contributed by atoms with Crippen LogP contribution in [-0.4, -0.2) is 0 Å². The Balaban J connectivity index is 1.40. The maximum atomic E-state index is 8.57. The molecule has 4 aromatic carbocycles. The lowest BCUT2D eigenvalue weighted by atomic mass is 9.89. The van der Waals surface area contributed by atoms with E-state index in [0.717, 1.165) is 17.9 Å². The van der Waals surface area contributed by atoms with Gasteiger partial charge in [-0.15, -0.1) is 10.5 Å². The molecule has 4 rings (SSSR count). The lowest BCUT2D eigenvalue weighted by Crippen LogP contribution is -1.99. The summed E-state index contributed by atoms with van der Waals surface area (Å²) in [5.74, 6) is 3.97. The van der Waals surface area contributed by atoms with Crippen LogP contribution in [0.15, 0.2) is 97.1 Å². The predicted octanol–water partition coefficient (Wildman–Crippen LogP) is 7.53. The van der Waals surface area contributed by atoms with Gasteiger partial charge in [0.25, 0.3) is 12.5 Å². The van der Waals surface area contributed by atoms with Crippen LogP contribution in [0, 0.1) is 23.0 Å². The van der Waals surface area contributed by atoms with Crippen LogP contribution in [0.2, 0.25) is 0 Å². The first-order valence-corrected chi connectivity index (χ1v) is 11.1. The average molecular weight is 463 g/mol. The smallest absolute Gasteiger partial charge is 0.292 e. The molecule has 35 heavy (non-hydrogen) atoms. The summed E-state index contributed by atoms with van der Waals surface area (Å²) in [6.07, 6.45) is 4.24. The van der Waals surface area contributed by atoms with Crippen molar-refractivity contribution in [1.29, 1.82) is 10.5 Å². The Labute approximate surface area is 204 Å². The Morgan fingerprint density at radius 1 is 0.514 bits per heavy atom. The molecule has 0 radical (unpaired) electrons. The van der Waals surface area contributed by atoms with Crippen molar-refractivity contribution in [3.8, 4) is 47.0 Å². The molecule has 0 amide bonds. The second-order valence-corrected chi connectivity index (χ2v) is 7.63. The molecule has 6 nitrogen and oxygen atoms in total. The minimum absolute atomic E-state index is 0.239. The summed E-state index contributed by atoms with van der Waals surface area (Å²) in [5, 5.41) is 17.1. The zero-order valence-corrected chi connectivity index (χ0v) is 19.0. The van der Waals surface area contributed by atoms with Crippen LogP contribution in [0.4, 0.5) is 0 Å². The summed E-state index contributed by atoms with van der Waals surface area (Å²) in [7, 11) is 0. The van der Waals surface area contributed by atoms with E-state index in [4.69, 9.17) is 29.5 Å². The van der Waals surface area contributed by atoms with Gasteiger partial charge >= 0.3 is 0 Å².